The van der Waals surface area contributed by atoms with Gasteiger partial charge in [-0.3, -0.25) is 19.2 Å². The lowest BCUT2D eigenvalue weighted by Crippen LogP contribution is -2.60. The fraction of sp³-hybridized carbons (Fsp3) is 0.375. The molecule has 0 aliphatic rings. The third-order valence-electron chi connectivity index (χ3n) is 6.86. The normalized spacial score (nSPS) is 14.1. The van der Waals surface area contributed by atoms with Gasteiger partial charge in [0.2, 0.25) is 11.8 Å². The predicted molar refractivity (Wildman–Crippen MR) is 178 cm³/mol. The number of hydrogen-bond donors (Lipinski definition) is 4. The Morgan fingerprint density at radius 3 is 1.98 bits per heavy atom. The van der Waals surface area contributed by atoms with Crippen molar-refractivity contribution < 1.29 is 43.3 Å². The summed E-state index contributed by atoms with van der Waals surface area (Å²) in [6.45, 7) is 1.56. The molecule has 0 fully saturated rings. The molecule has 4 N–H and O–H groups in total. The average Bonchev–Trinajstić information content (AvgIpc) is 3.49. The van der Waals surface area contributed by atoms with E-state index in [4.69, 9.17) is 37.4 Å². The number of Topliss-reactive ketones (excluding diaryl/α,β-unsaturated/α-hetero) is 1. The number of methoxy groups -OCH3 is 2. The van der Waals surface area contributed by atoms with Gasteiger partial charge in [-0.1, -0.05) is 59.6 Å². The topological polar surface area (TPSA) is 182 Å². The number of hydrogen-bond acceptors (Lipinski definition) is 11. The Morgan fingerprint density at radius 2 is 1.44 bits per heavy atom. The van der Waals surface area contributed by atoms with E-state index in [0.29, 0.717) is 10.6 Å². The first-order valence-corrected chi connectivity index (χ1v) is 16.1. The van der Waals surface area contributed by atoms with Gasteiger partial charge in [-0.05, 0) is 38.0 Å². The van der Waals surface area contributed by atoms with Crippen LogP contribution in [-0.2, 0) is 35.0 Å². The molecule has 0 saturated carbocycles. The summed E-state index contributed by atoms with van der Waals surface area (Å²) >= 11 is 13.3. The summed E-state index contributed by atoms with van der Waals surface area (Å²) in [5.74, 6) is -3.99. The van der Waals surface area contributed by atoms with Gasteiger partial charge in [-0.15, -0.1) is 11.3 Å². The maximum absolute atomic E-state index is 13.7. The summed E-state index contributed by atoms with van der Waals surface area (Å²) in [5.41, 5.74) is -1.78. The lowest BCUT2D eigenvalue weighted by Gasteiger charge is -2.29. The van der Waals surface area contributed by atoms with Gasteiger partial charge >= 0.3 is 5.97 Å². The molecule has 0 spiro atoms. The number of carbonyl (C=O) groups excluding carboxylic acids is 5. The van der Waals surface area contributed by atoms with Crippen molar-refractivity contribution in [3.05, 3.63) is 85.8 Å². The Balaban J connectivity index is 1.78. The Kier molecular flexibility index (Phi) is 14.5. The fourth-order valence-electron chi connectivity index (χ4n) is 4.42. The van der Waals surface area contributed by atoms with Crippen LogP contribution in [0.25, 0.3) is 0 Å². The molecule has 2 aromatic carbocycles. The molecule has 16 heteroatoms. The molecule has 4 atom stereocenters. The highest BCUT2D eigenvalue weighted by molar-refractivity contribution is 7.13. The second-order valence-electron chi connectivity index (χ2n) is 10.8. The number of nitrogens with zero attached hydrogens (tertiary/aromatic N) is 1. The number of thiazole rings is 1. The molecule has 0 saturated heterocycles. The number of nitrogens with one attached hydrogen (secondary N) is 3. The van der Waals surface area contributed by atoms with Crippen molar-refractivity contribution in [3.8, 4) is 0 Å². The van der Waals surface area contributed by atoms with Crippen LogP contribution < -0.4 is 16.0 Å². The summed E-state index contributed by atoms with van der Waals surface area (Å²) in [6.07, 6.45) is 1.32. The van der Waals surface area contributed by atoms with Gasteiger partial charge in [0.25, 0.3) is 5.91 Å². The van der Waals surface area contributed by atoms with Gasteiger partial charge in [-0.25, -0.2) is 9.78 Å². The van der Waals surface area contributed by atoms with E-state index in [9.17, 15) is 29.1 Å². The first kappa shape index (κ1) is 38.5. The van der Waals surface area contributed by atoms with Crippen LogP contribution in [0, 0.1) is 6.92 Å². The maximum Gasteiger partial charge on any atom is 0.341 e. The third-order valence-corrected chi connectivity index (χ3v) is 8.41. The number of halogens is 2. The van der Waals surface area contributed by atoms with Crippen molar-refractivity contribution in [2.24, 2.45) is 0 Å². The van der Waals surface area contributed by atoms with Crippen LogP contribution in [0.2, 0.25) is 10.0 Å². The molecular weight excluding hydrogens is 687 g/mol. The highest BCUT2D eigenvalue weighted by Crippen LogP contribution is 2.25. The van der Waals surface area contributed by atoms with E-state index in [1.165, 1.54) is 38.6 Å². The van der Waals surface area contributed by atoms with Crippen LogP contribution in [0.4, 0.5) is 0 Å². The zero-order valence-electron chi connectivity index (χ0n) is 26.6. The van der Waals surface area contributed by atoms with Crippen LogP contribution in [0.1, 0.15) is 37.5 Å². The number of aryl methyl sites for hydroxylation is 1. The highest BCUT2D eigenvalue weighted by atomic mass is 35.5. The molecular formula is C32H36Cl2N4O9S. The van der Waals surface area contributed by atoms with Crippen LogP contribution >= 0.6 is 34.5 Å². The largest absolute Gasteiger partial charge is 0.458 e. The van der Waals surface area contributed by atoms with Crippen LogP contribution in [-0.4, -0.2) is 97.3 Å². The summed E-state index contributed by atoms with van der Waals surface area (Å²) in [6, 6.07) is 9.20. The van der Waals surface area contributed by atoms with Crippen molar-refractivity contribution in [3.63, 3.8) is 0 Å². The number of ether oxygens (including phenoxy) is 3. The lowest BCUT2D eigenvalue weighted by molar-refractivity contribution is -0.144. The SMILES string of the molecule is COC[C@H](NC(=O)c1cnc(C)s1)C(=O)N[C@@H](COC)C(=O)N[C@@H](Cc1ccccc1)C(=O)C(C)(O)COC(=O)c1c(Cl)cccc1Cl. The lowest BCUT2D eigenvalue weighted by atomic mass is 9.91. The van der Waals surface area contributed by atoms with E-state index in [-0.39, 0.29) is 40.1 Å². The van der Waals surface area contributed by atoms with E-state index in [2.05, 4.69) is 20.9 Å². The summed E-state index contributed by atoms with van der Waals surface area (Å²) in [5, 5.41) is 19.6. The van der Waals surface area contributed by atoms with Crippen molar-refractivity contribution >= 4 is 64.0 Å². The Morgan fingerprint density at radius 1 is 0.875 bits per heavy atom. The van der Waals surface area contributed by atoms with E-state index in [1.807, 2.05) is 0 Å². The summed E-state index contributed by atoms with van der Waals surface area (Å²) in [4.78, 5) is 70.3. The van der Waals surface area contributed by atoms with Crippen LogP contribution in [0.3, 0.4) is 0 Å². The number of esters is 1. The molecule has 0 aliphatic carbocycles. The average molecular weight is 724 g/mol. The quantitative estimate of drug-likeness (QED) is 0.151. The molecule has 0 aliphatic heterocycles. The molecule has 258 valence electrons. The van der Waals surface area contributed by atoms with Gasteiger partial charge in [0, 0.05) is 14.2 Å². The molecule has 0 radical (unpaired) electrons. The standard InChI is InChI=1S/C32H36Cl2N4O9S/c1-18-35-14-25(48-18)30(42)38-24(16-46-4)29(41)37-23(15-45-3)28(40)36-22(13-19-9-6-5-7-10-19)27(39)32(2,44)17-47-31(43)26-20(33)11-8-12-21(26)34/h5-12,14,22-24,44H,13,15-17H2,1-4H3,(H,36,40)(H,37,41)(H,38,42)/t22-,23-,24-,32?/m0/s1. The monoisotopic (exact) mass is 722 g/mol. The molecule has 1 unspecified atom stereocenters. The van der Waals surface area contributed by atoms with Gasteiger partial charge < -0.3 is 35.3 Å². The molecule has 0 bridgehead atoms. The number of aliphatic hydroxyl groups is 1. The molecule has 48 heavy (non-hydrogen) atoms. The van der Waals surface area contributed by atoms with Crippen LogP contribution in [0.5, 0.6) is 0 Å². The predicted octanol–water partition coefficient (Wildman–Crippen LogP) is 2.54. The Hall–Kier alpha value is -3.92. The molecule has 3 rings (SSSR count). The molecule has 1 heterocycles. The number of ketones is 1. The number of benzene rings is 2. The summed E-state index contributed by atoms with van der Waals surface area (Å²) < 4.78 is 15.5. The van der Waals surface area contributed by atoms with Gasteiger partial charge in [-0.2, -0.15) is 0 Å². The first-order valence-electron chi connectivity index (χ1n) is 14.5. The van der Waals surface area contributed by atoms with E-state index >= 15 is 0 Å². The first-order chi connectivity index (χ1) is 22.8. The van der Waals surface area contributed by atoms with Crippen molar-refractivity contribution in [1.29, 1.82) is 0 Å². The van der Waals surface area contributed by atoms with Crippen molar-refractivity contribution in [2.75, 3.05) is 34.0 Å². The number of carbonyl (C=O) groups is 5. The zero-order valence-corrected chi connectivity index (χ0v) is 28.9. The molecule has 13 nitrogen and oxygen atoms in total. The second kappa shape index (κ2) is 18.0. The van der Waals surface area contributed by atoms with Crippen LogP contribution in [0.15, 0.2) is 54.7 Å². The van der Waals surface area contributed by atoms with Gasteiger partial charge in [0.1, 0.15) is 23.6 Å². The fourth-order valence-corrected chi connectivity index (χ4v) is 5.65. The van der Waals surface area contributed by atoms with Gasteiger partial charge in [0.15, 0.2) is 11.4 Å². The van der Waals surface area contributed by atoms with Crippen molar-refractivity contribution in [2.45, 2.75) is 44.0 Å². The molecule has 1 aromatic heterocycles. The third kappa shape index (κ3) is 10.8. The van der Waals surface area contributed by atoms with E-state index < -0.39 is 59.8 Å². The smallest absolute Gasteiger partial charge is 0.341 e. The number of amides is 3. The van der Waals surface area contributed by atoms with Gasteiger partial charge in [0.05, 0.1) is 46.1 Å². The highest BCUT2D eigenvalue weighted by Gasteiger charge is 2.39. The zero-order chi connectivity index (χ0) is 35.4. The minimum absolute atomic E-state index is 0.0184. The minimum Gasteiger partial charge on any atom is -0.458 e. The number of aromatic nitrogens is 1. The Bertz CT molecular complexity index is 1580. The minimum atomic E-state index is -2.28. The number of rotatable bonds is 17. The summed E-state index contributed by atoms with van der Waals surface area (Å²) in [7, 11) is 2.65. The Labute approximate surface area is 291 Å². The molecule has 3 amide bonds. The molecule has 3 aromatic rings. The van der Waals surface area contributed by atoms with E-state index in [0.717, 1.165) is 18.3 Å². The second-order valence-corrected chi connectivity index (χ2v) is 12.9. The maximum atomic E-state index is 13.7. The van der Waals surface area contributed by atoms with E-state index in [1.54, 1.807) is 37.3 Å². The van der Waals surface area contributed by atoms with Crippen molar-refractivity contribution in [1.82, 2.24) is 20.9 Å².